The Morgan fingerprint density at radius 3 is 2.86 bits per heavy atom. The molecule has 1 aromatic heterocycles. The van der Waals surface area contributed by atoms with Gasteiger partial charge in [-0.2, -0.15) is 0 Å². The Bertz CT molecular complexity index is 659. The van der Waals surface area contributed by atoms with E-state index < -0.39 is 18.1 Å². The lowest BCUT2D eigenvalue weighted by Crippen LogP contribution is -2.26. The van der Waals surface area contributed by atoms with Crippen molar-refractivity contribution in [3.05, 3.63) is 34.4 Å². The van der Waals surface area contributed by atoms with Crippen LogP contribution in [0.2, 0.25) is 0 Å². The summed E-state index contributed by atoms with van der Waals surface area (Å²) in [5.41, 5.74) is 0.669. The van der Waals surface area contributed by atoms with Gasteiger partial charge in [-0.15, -0.1) is 0 Å². The number of carboxylic acids is 1. The lowest BCUT2D eigenvalue weighted by molar-refractivity contribution is -0.137. The van der Waals surface area contributed by atoms with Gasteiger partial charge in [0, 0.05) is 17.6 Å². The Hall–Kier alpha value is -2.57. The molecule has 0 aliphatic rings. The summed E-state index contributed by atoms with van der Waals surface area (Å²) < 4.78 is 1.15. The first-order valence-corrected chi connectivity index (χ1v) is 6.94. The number of hydrogen-bond acceptors (Lipinski definition) is 5. The number of carbonyl (C=O) groups is 1. The molecule has 0 aliphatic heterocycles. The lowest BCUT2D eigenvalue weighted by Gasteiger charge is -2.07. The number of rotatable bonds is 8. The quantitative estimate of drug-likeness (QED) is 0.740. The highest BCUT2D eigenvalue weighted by atomic mass is 16.4. The van der Waals surface area contributed by atoms with E-state index in [1.807, 2.05) is 6.92 Å². The van der Waals surface area contributed by atoms with E-state index >= 15 is 0 Å². The van der Waals surface area contributed by atoms with Crippen LogP contribution in [0, 0.1) is 6.92 Å². The molecule has 1 heterocycles. The summed E-state index contributed by atoms with van der Waals surface area (Å²) in [7, 11) is 0. The second kappa shape index (κ2) is 8.66. The Labute approximate surface area is 128 Å². The molecule has 0 saturated carbocycles. The molecule has 1 N–H and O–H groups in total. The highest BCUT2D eigenvalue weighted by Crippen LogP contribution is 2.06. The fraction of sp³-hybridized carbons (Fsp3) is 0.400. The number of allylic oxidation sites excluding steroid dienone is 1. The Morgan fingerprint density at radius 2 is 2.27 bits per heavy atom. The van der Waals surface area contributed by atoms with Gasteiger partial charge >= 0.3 is 5.97 Å². The predicted octanol–water partition coefficient (Wildman–Crippen LogP) is 1.77. The molecule has 0 aliphatic carbocycles. The van der Waals surface area contributed by atoms with E-state index in [4.69, 9.17) is 5.11 Å². The Morgan fingerprint density at radius 1 is 1.55 bits per heavy atom. The van der Waals surface area contributed by atoms with E-state index in [0.29, 0.717) is 24.4 Å². The van der Waals surface area contributed by atoms with E-state index in [9.17, 15) is 9.59 Å². The second-order valence-electron chi connectivity index (χ2n) is 4.67. The summed E-state index contributed by atoms with van der Waals surface area (Å²) in [5, 5.41) is 8.87. The number of aryl methyl sites for hydroxylation is 1. The number of aliphatic imine (C=N–C) groups is 2. The average molecular weight is 304 g/mol. The van der Waals surface area contributed by atoms with Gasteiger partial charge in [0.05, 0.1) is 6.54 Å². The lowest BCUT2D eigenvalue weighted by atomic mass is 10.2. The van der Waals surface area contributed by atoms with Crippen molar-refractivity contribution >= 4 is 24.2 Å². The fourth-order valence-electron chi connectivity index (χ4n) is 1.80. The zero-order valence-corrected chi connectivity index (χ0v) is 12.8. The van der Waals surface area contributed by atoms with Crippen molar-refractivity contribution < 1.29 is 9.90 Å². The first-order valence-electron chi connectivity index (χ1n) is 6.94. The van der Waals surface area contributed by atoms with Crippen LogP contribution in [0.5, 0.6) is 0 Å². The van der Waals surface area contributed by atoms with Crippen molar-refractivity contribution in [1.82, 2.24) is 9.55 Å². The van der Waals surface area contributed by atoms with Crippen LogP contribution in [0.15, 0.2) is 33.1 Å². The van der Waals surface area contributed by atoms with Crippen LogP contribution >= 0.6 is 0 Å². The maximum atomic E-state index is 12.3. The van der Waals surface area contributed by atoms with Gasteiger partial charge in [-0.3, -0.25) is 19.1 Å². The Balaban J connectivity index is 3.23. The summed E-state index contributed by atoms with van der Waals surface area (Å²) in [6.45, 7) is 7.08. The third-order valence-corrected chi connectivity index (χ3v) is 2.83. The molecule has 0 unspecified atom stereocenters. The van der Waals surface area contributed by atoms with Crippen LogP contribution in [-0.4, -0.2) is 39.6 Å². The predicted molar refractivity (Wildman–Crippen MR) is 86.4 cm³/mol. The maximum absolute atomic E-state index is 12.3. The minimum absolute atomic E-state index is 0.00786. The Kier molecular flexibility index (Phi) is 6.88. The monoisotopic (exact) mass is 304 g/mol. The molecule has 0 fully saturated rings. The van der Waals surface area contributed by atoms with Crippen LogP contribution in [0.1, 0.15) is 25.5 Å². The normalized spacial score (nSPS) is 11.8. The number of carboxylic acid groups (broad SMARTS) is 1. The molecule has 118 valence electrons. The molecule has 0 radical (unpaired) electrons. The van der Waals surface area contributed by atoms with Gasteiger partial charge in [0.25, 0.3) is 5.56 Å². The number of aromatic nitrogens is 2. The number of hydrogen-bond donors (Lipinski definition) is 1. The van der Waals surface area contributed by atoms with E-state index in [2.05, 4.69) is 21.7 Å². The van der Waals surface area contributed by atoms with Crippen molar-refractivity contribution in [2.24, 2.45) is 9.98 Å². The van der Waals surface area contributed by atoms with Gasteiger partial charge in [-0.1, -0.05) is 19.4 Å². The van der Waals surface area contributed by atoms with E-state index in [1.54, 1.807) is 19.1 Å². The third kappa shape index (κ3) is 5.08. The number of nitrogens with zero attached hydrogens (tertiary/aromatic N) is 4. The third-order valence-electron chi connectivity index (χ3n) is 2.83. The van der Waals surface area contributed by atoms with Crippen molar-refractivity contribution in [1.29, 1.82) is 0 Å². The molecule has 0 saturated heterocycles. The molecule has 1 rings (SSSR count). The average Bonchev–Trinajstić information content (AvgIpc) is 2.46. The van der Waals surface area contributed by atoms with Crippen LogP contribution in [0.4, 0.5) is 5.82 Å². The fourth-order valence-corrected chi connectivity index (χ4v) is 1.80. The molecule has 0 aromatic carbocycles. The van der Waals surface area contributed by atoms with Crippen molar-refractivity contribution in [2.45, 2.75) is 33.2 Å². The van der Waals surface area contributed by atoms with Gasteiger partial charge in [0.2, 0.25) is 5.82 Å². The molecule has 22 heavy (non-hydrogen) atoms. The van der Waals surface area contributed by atoms with Gasteiger partial charge in [-0.05, 0) is 26.1 Å². The molecule has 1 aromatic rings. The SMILES string of the molecule is C=NCC=CC(CCC)=Nc1ncc(C)n(CC(=O)O)c1=O. The van der Waals surface area contributed by atoms with Gasteiger partial charge in [0.15, 0.2) is 0 Å². The van der Waals surface area contributed by atoms with Crippen molar-refractivity contribution in [2.75, 3.05) is 6.54 Å². The van der Waals surface area contributed by atoms with Crippen LogP contribution < -0.4 is 5.56 Å². The summed E-state index contributed by atoms with van der Waals surface area (Å²) in [5.74, 6) is -1.09. The van der Waals surface area contributed by atoms with Crippen molar-refractivity contribution in [3.8, 4) is 0 Å². The summed E-state index contributed by atoms with van der Waals surface area (Å²) in [6, 6.07) is 0. The zero-order chi connectivity index (χ0) is 16.5. The minimum Gasteiger partial charge on any atom is -0.480 e. The van der Waals surface area contributed by atoms with E-state index in [1.165, 1.54) is 6.20 Å². The highest BCUT2D eigenvalue weighted by molar-refractivity contribution is 5.96. The first-order chi connectivity index (χ1) is 10.5. The molecular weight excluding hydrogens is 284 g/mol. The van der Waals surface area contributed by atoms with Crippen LogP contribution in [-0.2, 0) is 11.3 Å². The molecule has 0 amide bonds. The molecule has 7 heteroatoms. The zero-order valence-electron chi connectivity index (χ0n) is 12.8. The van der Waals surface area contributed by atoms with Crippen LogP contribution in [0.25, 0.3) is 0 Å². The summed E-state index contributed by atoms with van der Waals surface area (Å²) >= 11 is 0. The van der Waals surface area contributed by atoms with Gasteiger partial charge < -0.3 is 5.11 Å². The molecular formula is C15H20N4O3. The molecule has 0 bridgehead atoms. The first kappa shape index (κ1) is 17.5. The maximum Gasteiger partial charge on any atom is 0.323 e. The largest absolute Gasteiger partial charge is 0.480 e. The second-order valence-corrected chi connectivity index (χ2v) is 4.67. The standard InChI is InChI=1S/C15H20N4O3/c1-4-6-12(7-5-8-16-3)18-14-15(22)19(10-13(20)21)11(2)9-17-14/h5,7,9H,3-4,6,8,10H2,1-2H3,(H,20,21). The highest BCUT2D eigenvalue weighted by Gasteiger charge is 2.10. The summed E-state index contributed by atoms with van der Waals surface area (Å²) in [4.78, 5) is 35.1. The van der Waals surface area contributed by atoms with Gasteiger partial charge in [0.1, 0.15) is 6.54 Å². The van der Waals surface area contributed by atoms with Crippen LogP contribution in [0.3, 0.4) is 0 Å². The minimum atomic E-state index is -1.09. The van der Waals surface area contributed by atoms with Crippen molar-refractivity contribution in [3.63, 3.8) is 0 Å². The van der Waals surface area contributed by atoms with E-state index in [0.717, 1.165) is 11.0 Å². The molecule has 0 atom stereocenters. The van der Waals surface area contributed by atoms with Gasteiger partial charge in [-0.25, -0.2) is 9.98 Å². The topological polar surface area (TPSA) is 96.9 Å². The molecule has 0 spiro atoms. The molecule has 7 nitrogen and oxygen atoms in total. The van der Waals surface area contributed by atoms with E-state index in [-0.39, 0.29) is 5.82 Å². The smallest absolute Gasteiger partial charge is 0.323 e. The number of aliphatic carboxylic acids is 1. The summed E-state index contributed by atoms with van der Waals surface area (Å²) in [6.07, 6.45) is 6.56.